The van der Waals surface area contributed by atoms with Gasteiger partial charge in [0.2, 0.25) is 5.91 Å². The summed E-state index contributed by atoms with van der Waals surface area (Å²) < 4.78 is 5.03. The van der Waals surface area contributed by atoms with Crippen molar-refractivity contribution in [2.24, 2.45) is 5.10 Å². The minimum absolute atomic E-state index is 0.0117. The van der Waals surface area contributed by atoms with Gasteiger partial charge in [-0.05, 0) is 37.5 Å². The second kappa shape index (κ2) is 10.0. The molecule has 0 radical (unpaired) electrons. The average Bonchev–Trinajstić information content (AvgIpc) is 3.24. The molecule has 2 aromatic rings. The Kier molecular flexibility index (Phi) is 7.18. The maximum Gasteiger partial charge on any atom is 0.306 e. The Hall–Kier alpha value is -3.48. The Labute approximate surface area is 182 Å². The Morgan fingerprint density at radius 2 is 1.71 bits per heavy atom. The van der Waals surface area contributed by atoms with Crippen LogP contribution in [-0.4, -0.2) is 41.7 Å². The summed E-state index contributed by atoms with van der Waals surface area (Å²) in [5, 5.41) is 8.54. The number of esters is 1. The van der Waals surface area contributed by atoms with Gasteiger partial charge in [0, 0.05) is 18.5 Å². The number of nitrogens with one attached hydrogen (secondary N) is 1. The number of anilines is 1. The predicted molar refractivity (Wildman–Crippen MR) is 119 cm³/mol. The minimum Gasteiger partial charge on any atom is -0.456 e. The number of hydrazone groups is 1. The number of rotatable bonds is 7. The van der Waals surface area contributed by atoms with Crippen molar-refractivity contribution in [3.05, 3.63) is 64.7 Å². The molecule has 0 atom stereocenters. The van der Waals surface area contributed by atoms with Crippen LogP contribution in [0.15, 0.2) is 47.6 Å². The first kappa shape index (κ1) is 22.2. The molecule has 0 unspecified atom stereocenters. The molecule has 0 aromatic heterocycles. The fourth-order valence-electron chi connectivity index (χ4n) is 3.58. The van der Waals surface area contributed by atoms with Crippen LogP contribution in [-0.2, 0) is 19.1 Å². The summed E-state index contributed by atoms with van der Waals surface area (Å²) in [5.74, 6) is -1.24. The van der Waals surface area contributed by atoms with Gasteiger partial charge < -0.3 is 10.1 Å². The molecule has 31 heavy (non-hydrogen) atoms. The maximum atomic E-state index is 12.3. The lowest BCUT2D eigenvalue weighted by Crippen LogP contribution is -2.25. The molecule has 1 N–H and O–H groups in total. The summed E-state index contributed by atoms with van der Waals surface area (Å²) in [4.78, 5) is 36.5. The van der Waals surface area contributed by atoms with Crippen molar-refractivity contribution in [3.8, 4) is 0 Å². The van der Waals surface area contributed by atoms with Gasteiger partial charge >= 0.3 is 5.97 Å². The number of ether oxygens (including phenoxy) is 1. The predicted octanol–water partition coefficient (Wildman–Crippen LogP) is 3.51. The van der Waals surface area contributed by atoms with E-state index in [1.807, 2.05) is 63.2 Å². The molecular weight excluding hydrogens is 394 g/mol. The monoisotopic (exact) mass is 421 g/mol. The van der Waals surface area contributed by atoms with Crippen molar-refractivity contribution < 1.29 is 19.1 Å². The van der Waals surface area contributed by atoms with Gasteiger partial charge in [-0.2, -0.15) is 5.10 Å². The SMILES string of the molecule is Cc1cc(C)c(NC(=O)COC(=O)CCC(=O)N2CCC(c3ccccc3)=N2)c(C)c1. The third kappa shape index (κ3) is 6.01. The molecule has 7 heteroatoms. The molecule has 0 saturated heterocycles. The maximum absolute atomic E-state index is 12.3. The highest BCUT2D eigenvalue weighted by molar-refractivity contribution is 6.02. The number of carbonyl (C=O) groups is 3. The number of hydrogen-bond acceptors (Lipinski definition) is 5. The highest BCUT2D eigenvalue weighted by Crippen LogP contribution is 2.21. The zero-order valence-electron chi connectivity index (χ0n) is 18.1. The van der Waals surface area contributed by atoms with Gasteiger partial charge in [-0.25, -0.2) is 5.01 Å². The molecule has 7 nitrogen and oxygen atoms in total. The van der Waals surface area contributed by atoms with Crippen molar-refractivity contribution in [1.82, 2.24) is 5.01 Å². The van der Waals surface area contributed by atoms with Crippen LogP contribution in [0.3, 0.4) is 0 Å². The lowest BCUT2D eigenvalue weighted by atomic mass is 10.1. The van der Waals surface area contributed by atoms with Gasteiger partial charge in [-0.1, -0.05) is 48.0 Å². The van der Waals surface area contributed by atoms with E-state index in [1.54, 1.807) is 0 Å². The number of benzene rings is 2. The van der Waals surface area contributed by atoms with Gasteiger partial charge in [0.05, 0.1) is 18.7 Å². The minimum atomic E-state index is -0.590. The van der Waals surface area contributed by atoms with E-state index < -0.39 is 11.9 Å². The summed E-state index contributed by atoms with van der Waals surface area (Å²) in [6.45, 7) is 5.93. The summed E-state index contributed by atoms with van der Waals surface area (Å²) in [6, 6.07) is 13.6. The Balaban J connectivity index is 1.43. The Bertz CT molecular complexity index is 992. The van der Waals surface area contributed by atoms with Crippen molar-refractivity contribution in [3.63, 3.8) is 0 Å². The van der Waals surface area contributed by atoms with Crippen LogP contribution in [0.5, 0.6) is 0 Å². The molecule has 0 bridgehead atoms. The molecule has 1 heterocycles. The van der Waals surface area contributed by atoms with E-state index in [4.69, 9.17) is 4.74 Å². The Morgan fingerprint density at radius 1 is 1.03 bits per heavy atom. The first-order valence-corrected chi connectivity index (χ1v) is 10.3. The number of aryl methyl sites for hydroxylation is 3. The quantitative estimate of drug-likeness (QED) is 0.693. The standard InChI is InChI=1S/C24H27N3O4/c1-16-13-17(2)24(18(3)14-16)25-21(28)15-31-23(30)10-9-22(29)27-12-11-20(26-27)19-7-5-4-6-8-19/h4-8,13-14H,9-12,15H2,1-3H3,(H,25,28). The first-order valence-electron chi connectivity index (χ1n) is 10.3. The highest BCUT2D eigenvalue weighted by atomic mass is 16.5. The van der Waals surface area contributed by atoms with E-state index in [-0.39, 0.29) is 25.4 Å². The second-order valence-corrected chi connectivity index (χ2v) is 7.66. The molecule has 3 rings (SSSR count). The van der Waals surface area contributed by atoms with Gasteiger partial charge in [-0.3, -0.25) is 14.4 Å². The van der Waals surface area contributed by atoms with Gasteiger partial charge in [0.25, 0.3) is 5.91 Å². The van der Waals surface area contributed by atoms with E-state index in [1.165, 1.54) is 5.01 Å². The van der Waals surface area contributed by atoms with E-state index in [0.717, 1.165) is 33.7 Å². The van der Waals surface area contributed by atoms with Crippen molar-refractivity contribution in [2.75, 3.05) is 18.5 Å². The summed E-state index contributed by atoms with van der Waals surface area (Å²) >= 11 is 0. The number of nitrogens with zero attached hydrogens (tertiary/aromatic N) is 2. The first-order chi connectivity index (χ1) is 14.8. The van der Waals surface area contributed by atoms with E-state index in [9.17, 15) is 14.4 Å². The number of amides is 2. The number of hydrogen-bond donors (Lipinski definition) is 1. The topological polar surface area (TPSA) is 88.1 Å². The third-order valence-electron chi connectivity index (χ3n) is 5.05. The summed E-state index contributed by atoms with van der Waals surface area (Å²) in [6.07, 6.45) is 0.571. The largest absolute Gasteiger partial charge is 0.456 e. The molecule has 0 spiro atoms. The van der Waals surface area contributed by atoms with E-state index in [0.29, 0.717) is 13.0 Å². The van der Waals surface area contributed by atoms with Crippen LogP contribution >= 0.6 is 0 Å². The molecule has 0 aliphatic carbocycles. The molecule has 2 amide bonds. The number of carbonyl (C=O) groups excluding carboxylic acids is 3. The smallest absolute Gasteiger partial charge is 0.306 e. The fourth-order valence-corrected chi connectivity index (χ4v) is 3.58. The molecular formula is C24H27N3O4. The van der Waals surface area contributed by atoms with Gasteiger partial charge in [0.1, 0.15) is 0 Å². The lowest BCUT2D eigenvalue weighted by Gasteiger charge is -2.13. The van der Waals surface area contributed by atoms with Gasteiger partial charge in [-0.15, -0.1) is 0 Å². The van der Waals surface area contributed by atoms with Crippen LogP contribution in [0.1, 0.15) is 41.5 Å². The molecule has 162 valence electrons. The Morgan fingerprint density at radius 3 is 2.39 bits per heavy atom. The molecule has 0 saturated carbocycles. The van der Waals surface area contributed by atoms with Crippen molar-refractivity contribution >= 4 is 29.2 Å². The fraction of sp³-hybridized carbons (Fsp3) is 0.333. The van der Waals surface area contributed by atoms with Crippen molar-refractivity contribution in [2.45, 2.75) is 40.0 Å². The van der Waals surface area contributed by atoms with Crippen molar-refractivity contribution in [1.29, 1.82) is 0 Å². The summed E-state index contributed by atoms with van der Waals surface area (Å²) in [5.41, 5.74) is 5.58. The van der Waals surface area contributed by atoms with Gasteiger partial charge in [0.15, 0.2) is 6.61 Å². The highest BCUT2D eigenvalue weighted by Gasteiger charge is 2.22. The average molecular weight is 421 g/mol. The van der Waals surface area contributed by atoms with Crippen LogP contribution in [0, 0.1) is 20.8 Å². The van der Waals surface area contributed by atoms with Crippen LogP contribution in [0.25, 0.3) is 0 Å². The third-order valence-corrected chi connectivity index (χ3v) is 5.05. The molecule has 1 aliphatic rings. The molecule has 0 fully saturated rings. The zero-order valence-corrected chi connectivity index (χ0v) is 18.1. The van der Waals surface area contributed by atoms with E-state index >= 15 is 0 Å². The van der Waals surface area contributed by atoms with E-state index in [2.05, 4.69) is 10.4 Å². The zero-order chi connectivity index (χ0) is 22.4. The molecule has 2 aromatic carbocycles. The van der Waals surface area contributed by atoms with Crippen LogP contribution in [0.2, 0.25) is 0 Å². The van der Waals surface area contributed by atoms with Crippen LogP contribution < -0.4 is 5.32 Å². The second-order valence-electron chi connectivity index (χ2n) is 7.66. The van der Waals surface area contributed by atoms with Crippen LogP contribution in [0.4, 0.5) is 5.69 Å². The normalized spacial score (nSPS) is 13.0. The summed E-state index contributed by atoms with van der Waals surface area (Å²) in [7, 11) is 0. The molecule has 1 aliphatic heterocycles. The lowest BCUT2D eigenvalue weighted by molar-refractivity contribution is -0.148.